The molecule has 17 heavy (non-hydrogen) atoms. The van der Waals surface area contributed by atoms with Crippen LogP contribution in [0.5, 0.6) is 0 Å². The topological polar surface area (TPSA) is 20.2 Å². The first-order valence-electron chi connectivity index (χ1n) is 6.37. The van der Waals surface area contributed by atoms with E-state index in [0.29, 0.717) is 5.92 Å². The highest BCUT2D eigenvalue weighted by molar-refractivity contribution is 5.50. The summed E-state index contributed by atoms with van der Waals surface area (Å²) in [5, 5.41) is 9.60. The zero-order chi connectivity index (χ0) is 12.9. The van der Waals surface area contributed by atoms with Crippen LogP contribution in [0.4, 0.5) is 0 Å². The quantitative estimate of drug-likeness (QED) is 0.799. The lowest BCUT2D eigenvalue weighted by Gasteiger charge is -2.14. The third kappa shape index (κ3) is 5.69. The molecule has 0 spiro atoms. The van der Waals surface area contributed by atoms with E-state index in [9.17, 15) is 5.11 Å². The van der Waals surface area contributed by atoms with Crippen LogP contribution >= 0.6 is 0 Å². The summed E-state index contributed by atoms with van der Waals surface area (Å²) in [7, 11) is 0. The van der Waals surface area contributed by atoms with Gasteiger partial charge in [-0.05, 0) is 43.7 Å². The zero-order valence-corrected chi connectivity index (χ0v) is 11.4. The summed E-state index contributed by atoms with van der Waals surface area (Å²) in [6.45, 7) is 8.11. The Labute approximate surface area is 105 Å². The van der Waals surface area contributed by atoms with Crippen LogP contribution in [0.15, 0.2) is 30.3 Å². The summed E-state index contributed by atoms with van der Waals surface area (Å²) in [6.07, 6.45) is 5.98. The van der Waals surface area contributed by atoms with Crippen molar-refractivity contribution in [2.24, 2.45) is 0 Å². The number of allylic oxidation sites excluding steroid dienone is 1. The maximum absolute atomic E-state index is 9.60. The molecule has 0 radical (unpaired) electrons. The predicted octanol–water partition coefficient (Wildman–Crippen LogP) is 4.37. The van der Waals surface area contributed by atoms with Crippen LogP contribution in [0.25, 0.3) is 6.08 Å². The van der Waals surface area contributed by atoms with Crippen LogP contribution in [0.1, 0.15) is 57.6 Å². The molecule has 1 aromatic carbocycles. The van der Waals surface area contributed by atoms with Crippen LogP contribution in [0.3, 0.4) is 0 Å². The molecule has 0 saturated heterocycles. The van der Waals surface area contributed by atoms with Crippen molar-refractivity contribution in [2.75, 3.05) is 0 Å². The van der Waals surface area contributed by atoms with Gasteiger partial charge in [0.2, 0.25) is 0 Å². The molecule has 0 saturated carbocycles. The molecule has 0 atom stereocenters. The Morgan fingerprint density at radius 3 is 2.59 bits per heavy atom. The maximum Gasteiger partial charge on any atom is 0.0594 e. The van der Waals surface area contributed by atoms with Gasteiger partial charge in [-0.2, -0.15) is 0 Å². The molecule has 1 nitrogen and oxygen atoms in total. The van der Waals surface area contributed by atoms with Crippen molar-refractivity contribution in [1.82, 2.24) is 0 Å². The summed E-state index contributed by atoms with van der Waals surface area (Å²) in [5.41, 5.74) is 2.05. The van der Waals surface area contributed by atoms with Crippen molar-refractivity contribution in [1.29, 1.82) is 0 Å². The van der Waals surface area contributed by atoms with E-state index < -0.39 is 5.60 Å². The molecule has 0 amide bonds. The van der Waals surface area contributed by atoms with Crippen molar-refractivity contribution in [3.8, 4) is 0 Å². The van der Waals surface area contributed by atoms with Crippen LogP contribution < -0.4 is 0 Å². The SMILES string of the molecule is CC(C)c1cccc(C=CCCC(C)(C)O)c1. The van der Waals surface area contributed by atoms with Gasteiger partial charge in [-0.1, -0.05) is 50.3 Å². The molecule has 0 bridgehead atoms. The van der Waals surface area contributed by atoms with Gasteiger partial charge in [-0.3, -0.25) is 0 Å². The molecule has 0 aliphatic heterocycles. The summed E-state index contributed by atoms with van der Waals surface area (Å²) in [4.78, 5) is 0. The third-order valence-electron chi connectivity index (χ3n) is 2.81. The number of benzene rings is 1. The molecule has 1 N–H and O–H groups in total. The van der Waals surface area contributed by atoms with E-state index in [0.717, 1.165) is 12.8 Å². The Balaban J connectivity index is 2.56. The molecule has 1 aromatic rings. The van der Waals surface area contributed by atoms with E-state index in [1.807, 2.05) is 13.8 Å². The number of hydrogen-bond acceptors (Lipinski definition) is 1. The fourth-order valence-electron chi connectivity index (χ4n) is 1.68. The van der Waals surface area contributed by atoms with Crippen molar-refractivity contribution in [3.63, 3.8) is 0 Å². The third-order valence-corrected chi connectivity index (χ3v) is 2.81. The van der Waals surface area contributed by atoms with E-state index in [1.165, 1.54) is 11.1 Å². The minimum absolute atomic E-state index is 0.565. The van der Waals surface area contributed by atoms with Gasteiger partial charge in [0, 0.05) is 0 Å². The van der Waals surface area contributed by atoms with Crippen LogP contribution in [-0.4, -0.2) is 10.7 Å². The average Bonchev–Trinajstić information content (AvgIpc) is 2.23. The fraction of sp³-hybridized carbons (Fsp3) is 0.500. The normalized spacial score (nSPS) is 12.6. The maximum atomic E-state index is 9.60. The molecule has 0 aromatic heterocycles. The van der Waals surface area contributed by atoms with E-state index >= 15 is 0 Å². The Morgan fingerprint density at radius 1 is 1.29 bits per heavy atom. The second kappa shape index (κ2) is 6.02. The van der Waals surface area contributed by atoms with Crippen molar-refractivity contribution < 1.29 is 5.11 Å². The monoisotopic (exact) mass is 232 g/mol. The van der Waals surface area contributed by atoms with E-state index in [4.69, 9.17) is 0 Å². The number of rotatable bonds is 5. The highest BCUT2D eigenvalue weighted by Gasteiger charge is 2.09. The van der Waals surface area contributed by atoms with Gasteiger partial charge in [0.15, 0.2) is 0 Å². The van der Waals surface area contributed by atoms with Gasteiger partial charge in [-0.25, -0.2) is 0 Å². The molecule has 0 aliphatic rings. The molecular formula is C16H24O. The lowest BCUT2D eigenvalue weighted by atomic mass is 10.00. The summed E-state index contributed by atoms with van der Waals surface area (Å²) >= 11 is 0. The summed E-state index contributed by atoms with van der Waals surface area (Å²) in [6, 6.07) is 8.61. The van der Waals surface area contributed by atoms with Crippen LogP contribution in [0.2, 0.25) is 0 Å². The first-order valence-corrected chi connectivity index (χ1v) is 6.37. The Morgan fingerprint density at radius 2 is 2.00 bits per heavy atom. The summed E-state index contributed by atoms with van der Waals surface area (Å²) < 4.78 is 0. The van der Waals surface area contributed by atoms with E-state index in [2.05, 4.69) is 50.3 Å². The largest absolute Gasteiger partial charge is 0.390 e. The molecule has 0 heterocycles. The Hall–Kier alpha value is -1.08. The molecular weight excluding hydrogens is 208 g/mol. The van der Waals surface area contributed by atoms with Gasteiger partial charge in [0.05, 0.1) is 5.60 Å². The molecule has 0 aliphatic carbocycles. The Kier molecular flexibility index (Phi) is 4.95. The van der Waals surface area contributed by atoms with Crippen molar-refractivity contribution >= 4 is 6.08 Å². The van der Waals surface area contributed by atoms with E-state index in [1.54, 1.807) is 0 Å². The second-order valence-corrected chi connectivity index (χ2v) is 5.58. The van der Waals surface area contributed by atoms with Gasteiger partial charge in [-0.15, -0.1) is 0 Å². The zero-order valence-electron chi connectivity index (χ0n) is 11.4. The Bertz CT molecular complexity index is 369. The highest BCUT2D eigenvalue weighted by Crippen LogP contribution is 2.17. The van der Waals surface area contributed by atoms with Gasteiger partial charge in [0.25, 0.3) is 0 Å². The van der Waals surface area contributed by atoms with Gasteiger partial charge in [0.1, 0.15) is 0 Å². The van der Waals surface area contributed by atoms with Crippen LogP contribution in [-0.2, 0) is 0 Å². The molecule has 0 unspecified atom stereocenters. The molecule has 0 fully saturated rings. The van der Waals surface area contributed by atoms with Crippen molar-refractivity contribution in [3.05, 3.63) is 41.5 Å². The fourth-order valence-corrected chi connectivity index (χ4v) is 1.68. The van der Waals surface area contributed by atoms with Gasteiger partial charge >= 0.3 is 0 Å². The molecule has 1 rings (SSSR count). The average molecular weight is 232 g/mol. The van der Waals surface area contributed by atoms with Gasteiger partial charge < -0.3 is 5.11 Å². The predicted molar refractivity (Wildman–Crippen MR) is 75.1 cm³/mol. The highest BCUT2D eigenvalue weighted by atomic mass is 16.3. The molecule has 1 heteroatoms. The molecule has 94 valence electrons. The lowest BCUT2D eigenvalue weighted by molar-refractivity contribution is 0.0722. The number of hydrogen-bond donors (Lipinski definition) is 1. The first kappa shape index (κ1) is 14.0. The van der Waals surface area contributed by atoms with Crippen LogP contribution in [0, 0.1) is 0 Å². The smallest absolute Gasteiger partial charge is 0.0594 e. The first-order chi connectivity index (χ1) is 7.88. The lowest BCUT2D eigenvalue weighted by Crippen LogP contribution is -2.17. The summed E-state index contributed by atoms with van der Waals surface area (Å²) in [5.74, 6) is 0.569. The van der Waals surface area contributed by atoms with E-state index in [-0.39, 0.29) is 0 Å². The number of aliphatic hydroxyl groups is 1. The minimum atomic E-state index is -0.565. The second-order valence-electron chi connectivity index (χ2n) is 5.58. The standard InChI is InChI=1S/C16H24O/c1-13(2)15-10-7-9-14(12-15)8-5-6-11-16(3,4)17/h5,7-10,12-13,17H,6,11H2,1-4H3. The van der Waals surface area contributed by atoms with Crippen molar-refractivity contribution in [2.45, 2.75) is 52.1 Å². The minimum Gasteiger partial charge on any atom is -0.390 e.